The quantitative estimate of drug-likeness (QED) is 0.400. The van der Waals surface area contributed by atoms with Gasteiger partial charge in [-0.25, -0.2) is 4.98 Å². The number of hydrogen-bond donors (Lipinski definition) is 0. The molecule has 118 valence electrons. The summed E-state index contributed by atoms with van der Waals surface area (Å²) in [7, 11) is 0. The summed E-state index contributed by atoms with van der Waals surface area (Å²) in [5.74, 6) is -0.225. The Bertz CT molecular complexity index is 1010. The SMILES string of the molecule is O=C(Cc1cccs1)OCc1nc2ccccc2c2ccccc12. The van der Waals surface area contributed by atoms with Gasteiger partial charge in [-0.15, -0.1) is 11.3 Å². The van der Waals surface area contributed by atoms with Gasteiger partial charge in [0.1, 0.15) is 6.61 Å². The van der Waals surface area contributed by atoms with Crippen molar-refractivity contribution in [2.24, 2.45) is 0 Å². The minimum Gasteiger partial charge on any atom is -0.459 e. The maximum atomic E-state index is 12.0. The molecule has 0 N–H and O–H groups in total. The van der Waals surface area contributed by atoms with Gasteiger partial charge in [-0.2, -0.15) is 0 Å². The van der Waals surface area contributed by atoms with E-state index in [0.29, 0.717) is 6.42 Å². The van der Waals surface area contributed by atoms with Gasteiger partial charge in [-0.05, 0) is 22.9 Å². The highest BCUT2D eigenvalue weighted by molar-refractivity contribution is 7.10. The van der Waals surface area contributed by atoms with Crippen LogP contribution in [-0.2, 0) is 22.6 Å². The van der Waals surface area contributed by atoms with Crippen molar-refractivity contribution in [3.63, 3.8) is 0 Å². The summed E-state index contributed by atoms with van der Waals surface area (Å²) in [6.45, 7) is 0.190. The highest BCUT2D eigenvalue weighted by atomic mass is 32.1. The zero-order chi connectivity index (χ0) is 16.4. The lowest BCUT2D eigenvalue weighted by atomic mass is 10.0. The van der Waals surface area contributed by atoms with Crippen LogP contribution in [0.5, 0.6) is 0 Å². The molecule has 2 aromatic heterocycles. The second-order valence-corrected chi connectivity index (χ2v) is 6.57. The summed E-state index contributed by atoms with van der Waals surface area (Å²) in [6, 6.07) is 20.0. The Kier molecular flexibility index (Phi) is 3.97. The third-order valence-electron chi connectivity index (χ3n) is 3.96. The first-order valence-electron chi connectivity index (χ1n) is 7.75. The second kappa shape index (κ2) is 6.42. The van der Waals surface area contributed by atoms with E-state index in [1.54, 1.807) is 11.3 Å². The number of para-hydroxylation sites is 1. The standard InChI is InChI=1S/C20H15NO2S/c22-20(12-14-6-5-11-24-14)23-13-19-17-9-2-1-7-15(17)16-8-3-4-10-18(16)21-19/h1-11H,12-13H2. The van der Waals surface area contributed by atoms with Gasteiger partial charge >= 0.3 is 5.97 Å². The van der Waals surface area contributed by atoms with Crippen LogP contribution in [0.1, 0.15) is 10.6 Å². The summed E-state index contributed by atoms with van der Waals surface area (Å²) in [4.78, 5) is 17.7. The molecule has 0 saturated heterocycles. The molecular weight excluding hydrogens is 318 g/mol. The largest absolute Gasteiger partial charge is 0.459 e. The fraction of sp³-hybridized carbons (Fsp3) is 0.100. The molecule has 4 heteroatoms. The third kappa shape index (κ3) is 2.88. The summed E-state index contributed by atoms with van der Waals surface area (Å²) < 4.78 is 5.46. The van der Waals surface area contributed by atoms with Crippen molar-refractivity contribution in [1.82, 2.24) is 4.98 Å². The zero-order valence-electron chi connectivity index (χ0n) is 12.9. The van der Waals surface area contributed by atoms with E-state index in [-0.39, 0.29) is 12.6 Å². The summed E-state index contributed by atoms with van der Waals surface area (Å²) in [5.41, 5.74) is 1.71. The Labute approximate surface area is 143 Å². The second-order valence-electron chi connectivity index (χ2n) is 5.54. The first-order valence-corrected chi connectivity index (χ1v) is 8.63. The van der Waals surface area contributed by atoms with Gasteiger partial charge in [0.05, 0.1) is 17.6 Å². The van der Waals surface area contributed by atoms with Gasteiger partial charge in [0.25, 0.3) is 0 Å². The van der Waals surface area contributed by atoms with E-state index in [2.05, 4.69) is 12.1 Å². The molecule has 0 aliphatic carbocycles. The van der Waals surface area contributed by atoms with Gasteiger partial charge in [0.2, 0.25) is 0 Å². The summed E-state index contributed by atoms with van der Waals surface area (Å²) in [5, 5.41) is 5.23. The smallest absolute Gasteiger partial charge is 0.311 e. The molecule has 0 saturated carbocycles. The number of benzene rings is 2. The van der Waals surface area contributed by atoms with Crippen LogP contribution < -0.4 is 0 Å². The molecule has 0 atom stereocenters. The number of pyridine rings is 1. The predicted octanol–water partition coefficient (Wildman–Crippen LogP) is 4.74. The number of carbonyl (C=O) groups is 1. The minimum atomic E-state index is -0.225. The Hall–Kier alpha value is -2.72. The lowest BCUT2D eigenvalue weighted by molar-refractivity contribution is -0.144. The van der Waals surface area contributed by atoms with E-state index < -0.39 is 0 Å². The van der Waals surface area contributed by atoms with Crippen molar-refractivity contribution in [3.8, 4) is 0 Å². The molecule has 0 fully saturated rings. The zero-order valence-corrected chi connectivity index (χ0v) is 13.8. The molecule has 4 aromatic rings. The van der Waals surface area contributed by atoms with Gasteiger partial charge in [-0.3, -0.25) is 4.79 Å². The van der Waals surface area contributed by atoms with Crippen LogP contribution in [0, 0.1) is 0 Å². The van der Waals surface area contributed by atoms with Crippen LogP contribution in [0.4, 0.5) is 0 Å². The van der Waals surface area contributed by atoms with Crippen molar-refractivity contribution in [2.45, 2.75) is 13.0 Å². The third-order valence-corrected chi connectivity index (χ3v) is 4.83. The van der Waals surface area contributed by atoms with E-state index in [4.69, 9.17) is 9.72 Å². The predicted molar refractivity (Wildman–Crippen MR) is 97.1 cm³/mol. The lowest BCUT2D eigenvalue weighted by Gasteiger charge is -2.10. The molecule has 0 amide bonds. The van der Waals surface area contributed by atoms with Crippen molar-refractivity contribution in [3.05, 3.63) is 76.6 Å². The molecule has 0 radical (unpaired) electrons. The van der Waals surface area contributed by atoms with Crippen LogP contribution in [0.2, 0.25) is 0 Å². The Morgan fingerprint density at radius 1 is 0.917 bits per heavy atom. The Morgan fingerprint density at radius 2 is 1.67 bits per heavy atom. The van der Waals surface area contributed by atoms with E-state index in [1.165, 1.54) is 0 Å². The van der Waals surface area contributed by atoms with Crippen LogP contribution >= 0.6 is 11.3 Å². The molecule has 0 unspecified atom stereocenters. The number of nitrogens with zero attached hydrogens (tertiary/aromatic N) is 1. The lowest BCUT2D eigenvalue weighted by Crippen LogP contribution is -2.08. The molecule has 0 aliphatic rings. The average molecular weight is 333 g/mol. The van der Waals surface area contributed by atoms with Crippen molar-refractivity contribution >= 4 is 39.0 Å². The van der Waals surface area contributed by atoms with Crippen molar-refractivity contribution in [2.75, 3.05) is 0 Å². The monoisotopic (exact) mass is 333 g/mol. The molecule has 0 aliphatic heterocycles. The Morgan fingerprint density at radius 3 is 2.46 bits per heavy atom. The van der Waals surface area contributed by atoms with Crippen LogP contribution in [0.15, 0.2) is 66.0 Å². The highest BCUT2D eigenvalue weighted by Crippen LogP contribution is 2.26. The normalized spacial score (nSPS) is 11.0. The number of rotatable bonds is 4. The number of esters is 1. The van der Waals surface area contributed by atoms with E-state index in [1.807, 2.05) is 53.9 Å². The molecule has 0 bridgehead atoms. The first kappa shape index (κ1) is 14.8. The summed E-state index contributed by atoms with van der Waals surface area (Å²) >= 11 is 1.56. The number of carbonyl (C=O) groups excluding carboxylic acids is 1. The number of fused-ring (bicyclic) bond motifs is 3. The molecular formula is C20H15NO2S. The number of thiophene rings is 1. The van der Waals surface area contributed by atoms with Crippen molar-refractivity contribution in [1.29, 1.82) is 0 Å². The maximum absolute atomic E-state index is 12.0. The fourth-order valence-electron chi connectivity index (χ4n) is 2.84. The number of hydrogen-bond acceptors (Lipinski definition) is 4. The average Bonchev–Trinajstić information content (AvgIpc) is 3.12. The van der Waals surface area contributed by atoms with Gasteiger partial charge in [0, 0.05) is 15.6 Å². The van der Waals surface area contributed by atoms with Gasteiger partial charge in [0.15, 0.2) is 0 Å². The highest BCUT2D eigenvalue weighted by Gasteiger charge is 2.11. The number of ether oxygens (including phenoxy) is 1. The van der Waals surface area contributed by atoms with Gasteiger partial charge < -0.3 is 4.74 Å². The fourth-order valence-corrected chi connectivity index (χ4v) is 3.53. The maximum Gasteiger partial charge on any atom is 0.311 e. The molecule has 2 aromatic carbocycles. The first-order chi connectivity index (χ1) is 11.8. The summed E-state index contributed by atoms with van der Waals surface area (Å²) in [6.07, 6.45) is 0.309. The van der Waals surface area contributed by atoms with E-state index in [0.717, 1.165) is 32.2 Å². The van der Waals surface area contributed by atoms with Crippen molar-refractivity contribution < 1.29 is 9.53 Å². The van der Waals surface area contributed by atoms with E-state index in [9.17, 15) is 4.79 Å². The topological polar surface area (TPSA) is 39.2 Å². The van der Waals surface area contributed by atoms with E-state index >= 15 is 0 Å². The molecule has 0 spiro atoms. The molecule has 4 rings (SSSR count). The molecule has 2 heterocycles. The Balaban J connectivity index is 1.64. The van der Waals surface area contributed by atoms with Crippen LogP contribution in [0.25, 0.3) is 21.7 Å². The number of aromatic nitrogens is 1. The van der Waals surface area contributed by atoms with Crippen LogP contribution in [0.3, 0.4) is 0 Å². The minimum absolute atomic E-state index is 0.190. The van der Waals surface area contributed by atoms with Gasteiger partial charge in [-0.1, -0.05) is 48.5 Å². The van der Waals surface area contributed by atoms with Crippen LogP contribution in [-0.4, -0.2) is 11.0 Å². The molecule has 3 nitrogen and oxygen atoms in total. The molecule has 24 heavy (non-hydrogen) atoms.